The Labute approximate surface area is 328 Å². The number of aromatic hydroxyl groups is 6. The number of isothiocyanates is 1. The van der Waals surface area contributed by atoms with Gasteiger partial charge in [0.15, 0.2) is 0 Å². The summed E-state index contributed by atoms with van der Waals surface area (Å²) in [4.78, 5) is 21.3. The number of thiocarbonyl (C=S) groups is 1. The maximum Gasteiger partial charge on any atom is 0.119 e. The van der Waals surface area contributed by atoms with Gasteiger partial charge < -0.3 is 40.6 Å². The minimum Gasteiger partial charge on any atom is -0.508 e. The zero-order valence-corrected chi connectivity index (χ0v) is 30.4. The molecule has 57 heavy (non-hydrogen) atoms. The van der Waals surface area contributed by atoms with Crippen LogP contribution in [0, 0.1) is 0 Å². The van der Waals surface area contributed by atoms with Crippen molar-refractivity contribution in [2.45, 2.75) is 0 Å². The molecule has 0 spiro atoms. The lowest BCUT2D eigenvalue weighted by Crippen LogP contribution is -1.97. The molecule has 0 amide bonds. The first-order valence-electron chi connectivity index (χ1n) is 17.5. The molecule has 0 atom stereocenters. The molecule has 2 aliphatic rings. The predicted octanol–water partition coefficient (Wildman–Crippen LogP) is 10.3. The zero-order chi connectivity index (χ0) is 39.4. The first kappa shape index (κ1) is 34.8. The molecule has 3 aromatic heterocycles. The van der Waals surface area contributed by atoms with Crippen molar-refractivity contribution >= 4 is 69.4 Å². The Kier molecular flexibility index (Phi) is 8.39. The van der Waals surface area contributed by atoms with Crippen molar-refractivity contribution in [1.82, 2.24) is 19.9 Å². The van der Waals surface area contributed by atoms with Crippen LogP contribution >= 0.6 is 12.2 Å². The first-order chi connectivity index (χ1) is 27.6. The summed E-state index contributed by atoms with van der Waals surface area (Å²) in [7, 11) is 0. The highest BCUT2D eigenvalue weighted by Gasteiger charge is 2.27. The molecule has 0 radical (unpaired) electrons. The maximum absolute atomic E-state index is 10.9. The van der Waals surface area contributed by atoms with Gasteiger partial charge in [0.05, 0.1) is 33.6 Å². The van der Waals surface area contributed by atoms with E-state index >= 15 is 0 Å². The van der Waals surface area contributed by atoms with Crippen LogP contribution in [0.1, 0.15) is 22.8 Å². The second-order valence-electron chi connectivity index (χ2n) is 13.5. The summed E-state index contributed by atoms with van der Waals surface area (Å²) < 4.78 is 0. The lowest BCUT2D eigenvalue weighted by molar-refractivity contribution is 0.450. The summed E-state index contributed by atoms with van der Waals surface area (Å²) in [6.45, 7) is 0. The van der Waals surface area contributed by atoms with Crippen LogP contribution < -0.4 is 0 Å². The third kappa shape index (κ3) is 6.74. The first-order valence-corrected chi connectivity index (χ1v) is 17.9. The van der Waals surface area contributed by atoms with Crippen LogP contribution in [0.4, 0.5) is 5.69 Å². The summed E-state index contributed by atoms with van der Waals surface area (Å²) in [6.07, 6.45) is 7.61. The molecule has 8 bridgehead atoms. The fourth-order valence-corrected chi connectivity index (χ4v) is 7.45. The Morgan fingerprint density at radius 2 is 0.930 bits per heavy atom. The molecule has 12 heteroatoms. The molecule has 7 aromatic rings. The maximum atomic E-state index is 10.9. The Morgan fingerprint density at radius 3 is 1.49 bits per heavy atom. The van der Waals surface area contributed by atoms with Gasteiger partial charge in [0.2, 0.25) is 0 Å². The molecule has 5 heterocycles. The van der Waals surface area contributed by atoms with Gasteiger partial charge in [0.1, 0.15) is 34.5 Å². The van der Waals surface area contributed by atoms with E-state index in [9.17, 15) is 30.6 Å². The third-order valence-corrected chi connectivity index (χ3v) is 9.63. The van der Waals surface area contributed by atoms with E-state index in [2.05, 4.69) is 20.1 Å². The van der Waals surface area contributed by atoms with E-state index in [1.54, 1.807) is 6.07 Å². The number of phenols is 6. The van der Waals surface area contributed by atoms with Crippen molar-refractivity contribution in [3.8, 4) is 79.0 Å². The van der Waals surface area contributed by atoms with Gasteiger partial charge >= 0.3 is 0 Å². The number of rotatable bonds is 5. The van der Waals surface area contributed by atoms with Crippen molar-refractivity contribution in [3.05, 3.63) is 126 Å². The summed E-state index contributed by atoms with van der Waals surface area (Å²) in [5.74, 6) is -1.45. The summed E-state index contributed by atoms with van der Waals surface area (Å²) >= 11 is 5.18. The van der Waals surface area contributed by atoms with Gasteiger partial charge in [-0.15, -0.1) is 0 Å². The van der Waals surface area contributed by atoms with Crippen LogP contribution in [-0.2, 0) is 0 Å². The van der Waals surface area contributed by atoms with E-state index < -0.39 is 0 Å². The Hall–Kier alpha value is -7.92. The number of phenolic OH excluding ortho intramolecular Hbond substituents is 6. The standard InChI is InChI=1S/C45H29N5O6S/c51-32-9-23(10-33(52)18-32)38-21-39(42(24-11-34(53)19-35(54)12-24)43(45(38)46-22-57)25-13-36(55)20-37(56)14-25)44-40-7-5-30(49-40)16-28-3-1-26(47-28)15-27-2-4-29(48-27)17-31-6-8-41(44)50-31/h1-21,47,50-56H. The van der Waals surface area contributed by atoms with E-state index in [0.717, 1.165) is 27.9 Å². The summed E-state index contributed by atoms with van der Waals surface area (Å²) in [6, 6.07) is 27.6. The number of aromatic amines is 2. The minimum absolute atomic E-state index is 0.179. The molecule has 8 N–H and O–H groups in total. The van der Waals surface area contributed by atoms with Gasteiger partial charge in [-0.05, 0) is 149 Å². The third-order valence-electron chi connectivity index (χ3n) is 9.54. The van der Waals surface area contributed by atoms with Gasteiger partial charge in [0.25, 0.3) is 0 Å². The average Bonchev–Trinajstić information content (AvgIpc) is 3.98. The molecule has 0 aliphatic carbocycles. The number of fused-ring (bicyclic) bond motifs is 8. The number of aliphatic imine (C=N–C) groups is 1. The Balaban J connectivity index is 1.52. The van der Waals surface area contributed by atoms with Crippen LogP contribution in [0.3, 0.4) is 0 Å². The number of benzene rings is 4. The van der Waals surface area contributed by atoms with Crippen molar-refractivity contribution in [1.29, 1.82) is 0 Å². The number of nitrogens with one attached hydrogen (secondary N) is 2. The fraction of sp³-hybridized carbons (Fsp3) is 0. The normalized spacial score (nSPS) is 11.8. The smallest absolute Gasteiger partial charge is 0.119 e. The highest BCUT2D eigenvalue weighted by Crippen LogP contribution is 2.53. The van der Waals surface area contributed by atoms with Gasteiger partial charge in [-0.3, -0.25) is 0 Å². The van der Waals surface area contributed by atoms with E-state index in [0.29, 0.717) is 55.8 Å². The SMILES string of the molecule is Oc1cc(O)cc(-c2cc(-c3c4nc(cc5ccc(cc6nc(cc7ccc3[nH]7)C=C6)[nH]5)C=C4)c(-c3cc(O)cc(O)c3)c(-c3cc(O)cc(O)c3)c2N=C=S)c1. The van der Waals surface area contributed by atoms with Gasteiger partial charge in [-0.25, -0.2) is 9.97 Å². The predicted molar refractivity (Wildman–Crippen MR) is 225 cm³/mol. The molecule has 2 aliphatic heterocycles. The fourth-order valence-electron chi connectivity index (χ4n) is 7.35. The van der Waals surface area contributed by atoms with Crippen molar-refractivity contribution in [3.63, 3.8) is 0 Å². The quantitative estimate of drug-likeness (QED) is 0.0622. The van der Waals surface area contributed by atoms with Crippen LogP contribution in [0.25, 0.3) is 90.9 Å². The molecule has 9 rings (SSSR count). The lowest BCUT2D eigenvalue weighted by atomic mass is 9.82. The van der Waals surface area contributed by atoms with Crippen LogP contribution in [0.15, 0.2) is 108 Å². The molecule has 0 fully saturated rings. The highest BCUT2D eigenvalue weighted by atomic mass is 32.1. The van der Waals surface area contributed by atoms with Crippen molar-refractivity contribution in [2.75, 3.05) is 0 Å². The average molecular weight is 768 g/mol. The zero-order valence-electron chi connectivity index (χ0n) is 29.6. The van der Waals surface area contributed by atoms with Gasteiger partial charge in [-0.1, -0.05) is 0 Å². The largest absolute Gasteiger partial charge is 0.508 e. The molecule has 0 saturated heterocycles. The van der Waals surface area contributed by atoms with E-state index in [4.69, 9.17) is 22.2 Å². The number of H-pyrrole nitrogens is 2. The summed E-state index contributed by atoms with van der Waals surface area (Å²) in [5, 5.41) is 67.4. The number of aromatic nitrogens is 4. The number of hydrogen-bond donors (Lipinski definition) is 8. The van der Waals surface area contributed by atoms with E-state index in [-0.39, 0.29) is 45.7 Å². The second kappa shape index (κ2) is 13.7. The lowest BCUT2D eigenvalue weighted by Gasteiger charge is -2.22. The van der Waals surface area contributed by atoms with Gasteiger partial charge in [0, 0.05) is 57.0 Å². The van der Waals surface area contributed by atoms with Gasteiger partial charge in [-0.2, -0.15) is 4.99 Å². The Bertz CT molecular complexity index is 3060. The molecule has 276 valence electrons. The van der Waals surface area contributed by atoms with E-state index in [1.165, 1.54) is 54.6 Å². The van der Waals surface area contributed by atoms with Crippen LogP contribution in [0.2, 0.25) is 0 Å². The monoisotopic (exact) mass is 767 g/mol. The molecular weight excluding hydrogens is 739 g/mol. The Morgan fingerprint density at radius 1 is 0.456 bits per heavy atom. The molecule has 0 unspecified atom stereocenters. The number of nitrogens with zero attached hydrogens (tertiary/aromatic N) is 3. The highest BCUT2D eigenvalue weighted by molar-refractivity contribution is 7.78. The molecule has 0 saturated carbocycles. The van der Waals surface area contributed by atoms with Crippen molar-refractivity contribution in [2.24, 2.45) is 4.99 Å². The van der Waals surface area contributed by atoms with Crippen molar-refractivity contribution < 1.29 is 30.6 Å². The minimum atomic E-state index is -0.261. The summed E-state index contributed by atoms with van der Waals surface area (Å²) in [5.41, 5.74) is 8.90. The van der Waals surface area contributed by atoms with Crippen LogP contribution in [-0.4, -0.2) is 55.7 Å². The topological polar surface area (TPSA) is 191 Å². The number of hydrogen-bond acceptors (Lipinski definition) is 10. The van der Waals surface area contributed by atoms with E-state index in [1.807, 2.05) is 66.8 Å². The molecule has 4 aromatic carbocycles. The molecule has 11 nitrogen and oxygen atoms in total. The second-order valence-corrected chi connectivity index (χ2v) is 13.7. The van der Waals surface area contributed by atoms with Crippen LogP contribution in [0.5, 0.6) is 34.5 Å². The molecular formula is C45H29N5O6S.